The molecule has 0 amide bonds. The van der Waals surface area contributed by atoms with Crippen LogP contribution in [0.2, 0.25) is 10.0 Å². The molecule has 38 heavy (non-hydrogen) atoms. The fraction of sp³-hybridized carbons (Fsp3) is 0.240. The number of rotatable bonds is 9. The van der Waals surface area contributed by atoms with Gasteiger partial charge in [0.2, 0.25) is 10.0 Å². The molecule has 3 aromatic carbocycles. The SMILES string of the molecule is CCS(=O)(=O)Oc1ccc(C2CC(CNS(=O)(=O)c3cc(F)ccc3C)=NN2c2ccc(Cl)cc2Cl)cc1. The van der Waals surface area contributed by atoms with Crippen LogP contribution in [0.25, 0.3) is 0 Å². The lowest BCUT2D eigenvalue weighted by molar-refractivity contribution is 0.487. The van der Waals surface area contributed by atoms with Gasteiger partial charge in [0.05, 0.1) is 39.7 Å². The second-order valence-corrected chi connectivity index (χ2v) is 13.0. The minimum Gasteiger partial charge on any atom is -0.382 e. The third-order valence-corrected chi connectivity index (χ3v) is 9.11. The third-order valence-electron chi connectivity index (χ3n) is 5.88. The largest absolute Gasteiger partial charge is 0.382 e. The number of sulfonamides is 1. The summed E-state index contributed by atoms with van der Waals surface area (Å²) in [4.78, 5) is -0.150. The van der Waals surface area contributed by atoms with Crippen molar-refractivity contribution in [1.82, 2.24) is 4.72 Å². The van der Waals surface area contributed by atoms with Crippen LogP contribution < -0.4 is 13.9 Å². The Hall–Kier alpha value is -2.70. The highest BCUT2D eigenvalue weighted by Crippen LogP contribution is 2.40. The maximum Gasteiger partial charge on any atom is 0.308 e. The molecule has 1 heterocycles. The Morgan fingerprint density at radius 1 is 1.05 bits per heavy atom. The molecule has 0 saturated carbocycles. The van der Waals surface area contributed by atoms with Crippen LogP contribution in [0.15, 0.2) is 70.7 Å². The van der Waals surface area contributed by atoms with Gasteiger partial charge >= 0.3 is 10.1 Å². The molecule has 1 unspecified atom stereocenters. The van der Waals surface area contributed by atoms with Crippen molar-refractivity contribution in [2.45, 2.75) is 31.2 Å². The number of hydrogen-bond acceptors (Lipinski definition) is 7. The average molecular weight is 601 g/mol. The van der Waals surface area contributed by atoms with Crippen molar-refractivity contribution in [2.24, 2.45) is 5.10 Å². The molecule has 0 saturated heterocycles. The Labute approximate surface area is 231 Å². The molecule has 8 nitrogen and oxygen atoms in total. The summed E-state index contributed by atoms with van der Waals surface area (Å²) < 4.78 is 70.7. The van der Waals surface area contributed by atoms with Crippen molar-refractivity contribution < 1.29 is 25.4 Å². The zero-order valence-electron chi connectivity index (χ0n) is 20.4. The van der Waals surface area contributed by atoms with E-state index in [0.29, 0.717) is 33.4 Å². The van der Waals surface area contributed by atoms with Crippen molar-refractivity contribution >= 4 is 54.7 Å². The van der Waals surface area contributed by atoms with Gasteiger partial charge in [-0.25, -0.2) is 17.5 Å². The lowest BCUT2D eigenvalue weighted by Crippen LogP contribution is -2.29. The smallest absolute Gasteiger partial charge is 0.308 e. The van der Waals surface area contributed by atoms with Gasteiger partial charge < -0.3 is 4.18 Å². The predicted molar refractivity (Wildman–Crippen MR) is 147 cm³/mol. The van der Waals surface area contributed by atoms with Gasteiger partial charge in [0, 0.05) is 11.4 Å². The molecular formula is C25H24Cl2FN3O5S2. The summed E-state index contributed by atoms with van der Waals surface area (Å²) in [5.41, 5.74) is 2.23. The molecule has 0 aliphatic carbocycles. The van der Waals surface area contributed by atoms with Gasteiger partial charge in [-0.05, 0) is 67.4 Å². The molecule has 0 radical (unpaired) electrons. The zero-order valence-corrected chi connectivity index (χ0v) is 23.5. The molecule has 13 heteroatoms. The molecule has 1 atom stereocenters. The van der Waals surface area contributed by atoms with Crippen molar-refractivity contribution in [3.63, 3.8) is 0 Å². The van der Waals surface area contributed by atoms with Crippen LogP contribution in [-0.2, 0) is 20.1 Å². The monoisotopic (exact) mass is 599 g/mol. The van der Waals surface area contributed by atoms with E-state index in [1.165, 1.54) is 31.2 Å². The first-order valence-electron chi connectivity index (χ1n) is 11.5. The average Bonchev–Trinajstić information content (AvgIpc) is 3.28. The molecule has 3 aromatic rings. The van der Waals surface area contributed by atoms with E-state index in [0.717, 1.165) is 11.6 Å². The van der Waals surface area contributed by atoms with Crippen molar-refractivity contribution in [3.8, 4) is 5.75 Å². The number of hydrazone groups is 1. The van der Waals surface area contributed by atoms with Gasteiger partial charge in [-0.1, -0.05) is 41.4 Å². The van der Waals surface area contributed by atoms with E-state index in [9.17, 15) is 21.2 Å². The van der Waals surface area contributed by atoms with E-state index in [1.807, 2.05) is 0 Å². The van der Waals surface area contributed by atoms with Crippen LogP contribution in [0.1, 0.15) is 30.5 Å². The van der Waals surface area contributed by atoms with Gasteiger partial charge in [-0.15, -0.1) is 0 Å². The van der Waals surface area contributed by atoms with Crippen LogP contribution in [0.3, 0.4) is 0 Å². The van der Waals surface area contributed by atoms with E-state index in [-0.39, 0.29) is 29.0 Å². The van der Waals surface area contributed by atoms with Crippen molar-refractivity contribution in [2.75, 3.05) is 17.3 Å². The van der Waals surface area contributed by atoms with Gasteiger partial charge in [-0.3, -0.25) is 5.01 Å². The normalized spacial score (nSPS) is 16.0. The summed E-state index contributed by atoms with van der Waals surface area (Å²) in [5, 5.41) is 7.08. The summed E-state index contributed by atoms with van der Waals surface area (Å²) in [6.45, 7) is 2.95. The fourth-order valence-corrected chi connectivity index (χ4v) is 6.19. The minimum atomic E-state index is -4.01. The van der Waals surface area contributed by atoms with E-state index in [4.69, 9.17) is 27.4 Å². The zero-order chi connectivity index (χ0) is 27.7. The standard InChI is InChI=1S/C25H24Cl2FN3O5S2/c1-3-37(32,33)36-21-9-5-17(6-10-21)24-14-20(30-31(24)23-11-7-18(26)12-22(23)27)15-29-38(34,35)25-13-19(28)8-4-16(25)2/h4-13,24,29H,3,14-15H2,1-2H3. The molecule has 0 fully saturated rings. The van der Waals surface area contributed by atoms with E-state index in [2.05, 4.69) is 9.82 Å². The topological polar surface area (TPSA) is 105 Å². The highest BCUT2D eigenvalue weighted by Gasteiger charge is 2.31. The Kier molecular flexibility index (Phi) is 8.34. The molecule has 1 aliphatic rings. The summed E-state index contributed by atoms with van der Waals surface area (Å²) >= 11 is 12.5. The minimum absolute atomic E-state index is 0.119. The van der Waals surface area contributed by atoms with E-state index in [1.54, 1.807) is 42.3 Å². The highest BCUT2D eigenvalue weighted by atomic mass is 35.5. The van der Waals surface area contributed by atoms with E-state index >= 15 is 0 Å². The predicted octanol–water partition coefficient (Wildman–Crippen LogP) is 5.46. The summed E-state index contributed by atoms with van der Waals surface area (Å²) in [6, 6.07) is 14.6. The van der Waals surface area contributed by atoms with Crippen LogP contribution in [0.5, 0.6) is 5.75 Å². The lowest BCUT2D eigenvalue weighted by atomic mass is 10.0. The van der Waals surface area contributed by atoms with Gasteiger partial charge in [-0.2, -0.15) is 13.5 Å². The number of nitrogens with zero attached hydrogens (tertiary/aromatic N) is 2. The molecule has 202 valence electrons. The highest BCUT2D eigenvalue weighted by molar-refractivity contribution is 7.89. The van der Waals surface area contributed by atoms with Crippen molar-refractivity contribution in [3.05, 3.63) is 87.7 Å². The first-order valence-corrected chi connectivity index (χ1v) is 15.3. The first kappa shape index (κ1) is 28.3. The van der Waals surface area contributed by atoms with Gasteiger partial charge in [0.15, 0.2) is 0 Å². The lowest BCUT2D eigenvalue weighted by Gasteiger charge is -2.25. The second kappa shape index (κ2) is 11.2. The Morgan fingerprint density at radius 3 is 2.42 bits per heavy atom. The van der Waals surface area contributed by atoms with Gasteiger partial charge in [0.1, 0.15) is 11.6 Å². The number of hydrogen-bond donors (Lipinski definition) is 1. The van der Waals surface area contributed by atoms with Crippen LogP contribution in [0, 0.1) is 12.7 Å². The number of anilines is 1. The maximum atomic E-state index is 13.7. The number of aryl methyl sites for hydroxylation is 1. The Balaban J connectivity index is 1.61. The number of benzene rings is 3. The summed E-state index contributed by atoms with van der Waals surface area (Å²) in [6.07, 6.45) is 0.330. The van der Waals surface area contributed by atoms with Crippen LogP contribution in [-0.4, -0.2) is 34.8 Å². The summed E-state index contributed by atoms with van der Waals surface area (Å²) in [5.74, 6) is -0.649. The third kappa shape index (κ3) is 6.47. The van der Waals surface area contributed by atoms with E-state index < -0.39 is 26.0 Å². The summed E-state index contributed by atoms with van der Waals surface area (Å²) in [7, 11) is -7.69. The molecule has 1 N–H and O–H groups in total. The fourth-order valence-electron chi connectivity index (χ4n) is 3.90. The Morgan fingerprint density at radius 2 is 1.76 bits per heavy atom. The molecule has 0 aromatic heterocycles. The number of halogens is 3. The molecule has 0 bridgehead atoms. The second-order valence-electron chi connectivity index (χ2n) is 8.56. The Bertz CT molecular complexity index is 1600. The quantitative estimate of drug-likeness (QED) is 0.328. The maximum absolute atomic E-state index is 13.7. The molecule has 1 aliphatic heterocycles. The van der Waals surface area contributed by atoms with Crippen LogP contribution >= 0.6 is 23.2 Å². The molecule has 0 spiro atoms. The van der Waals surface area contributed by atoms with Crippen LogP contribution in [0.4, 0.5) is 10.1 Å². The molecular weight excluding hydrogens is 576 g/mol. The first-order chi connectivity index (χ1) is 17.9. The van der Waals surface area contributed by atoms with Gasteiger partial charge in [0.25, 0.3) is 0 Å². The molecule has 4 rings (SSSR count). The number of nitrogens with one attached hydrogen (secondary N) is 1. The van der Waals surface area contributed by atoms with Crippen molar-refractivity contribution in [1.29, 1.82) is 0 Å².